The number of hydrogen-bond donors (Lipinski definition) is 1. The first-order valence-electron chi connectivity index (χ1n) is 6.12. The Kier molecular flexibility index (Phi) is 5.54. The average Bonchev–Trinajstić information content (AvgIpc) is 2.45. The second kappa shape index (κ2) is 7.14. The molecule has 0 bridgehead atoms. The number of carbonyl (C=O) groups excluding carboxylic acids is 1. The summed E-state index contributed by atoms with van der Waals surface area (Å²) in [4.78, 5) is 22.3. The largest absolute Gasteiger partial charge is 0.490 e. The molecule has 0 aromatic heterocycles. The van der Waals surface area contributed by atoms with Crippen LogP contribution in [0.3, 0.4) is 0 Å². The molecule has 1 aromatic rings. The molecular weight excluding hydrogens is 260 g/mol. The summed E-state index contributed by atoms with van der Waals surface area (Å²) in [5.41, 5.74) is -0.0817. The molecule has 0 aliphatic rings. The first-order chi connectivity index (χ1) is 9.53. The molecule has 106 valence electrons. The zero-order chi connectivity index (χ0) is 15.1. The summed E-state index contributed by atoms with van der Waals surface area (Å²) in [5, 5.41) is 13.5. The quantitative estimate of drug-likeness (QED) is 0.490. The number of nitro groups is 1. The van der Waals surface area contributed by atoms with E-state index in [1.165, 1.54) is 25.3 Å². The minimum atomic E-state index is -0.597. The van der Waals surface area contributed by atoms with Crippen LogP contribution in [0.15, 0.2) is 18.2 Å². The van der Waals surface area contributed by atoms with Crippen LogP contribution in [0.4, 0.5) is 5.69 Å². The van der Waals surface area contributed by atoms with E-state index in [2.05, 4.69) is 11.2 Å². The van der Waals surface area contributed by atoms with E-state index < -0.39 is 10.8 Å². The molecule has 6 nitrogen and oxygen atoms in total. The zero-order valence-electron chi connectivity index (χ0n) is 11.4. The van der Waals surface area contributed by atoms with Crippen LogP contribution in [-0.4, -0.2) is 24.0 Å². The SMILES string of the molecule is C#CC(CCC)NC(=O)c1ccc(OC)c([N+](=O)[O-])c1. The molecule has 1 amide bonds. The molecule has 0 aliphatic carbocycles. The minimum Gasteiger partial charge on any atom is -0.490 e. The number of amides is 1. The third kappa shape index (κ3) is 3.72. The van der Waals surface area contributed by atoms with Crippen LogP contribution >= 0.6 is 0 Å². The first-order valence-corrected chi connectivity index (χ1v) is 6.12. The summed E-state index contributed by atoms with van der Waals surface area (Å²) in [5.74, 6) is 2.14. The Morgan fingerprint density at radius 3 is 2.80 bits per heavy atom. The lowest BCUT2D eigenvalue weighted by atomic mass is 10.1. The number of hydrogen-bond acceptors (Lipinski definition) is 4. The first kappa shape index (κ1) is 15.5. The second-order valence-corrected chi connectivity index (χ2v) is 4.13. The van der Waals surface area contributed by atoms with Crippen molar-refractivity contribution in [2.24, 2.45) is 0 Å². The van der Waals surface area contributed by atoms with Crippen LogP contribution in [0.2, 0.25) is 0 Å². The zero-order valence-corrected chi connectivity index (χ0v) is 11.4. The Labute approximate surface area is 117 Å². The monoisotopic (exact) mass is 276 g/mol. The van der Waals surface area contributed by atoms with Gasteiger partial charge in [-0.3, -0.25) is 14.9 Å². The van der Waals surface area contributed by atoms with Crippen molar-refractivity contribution in [3.05, 3.63) is 33.9 Å². The fraction of sp³-hybridized carbons (Fsp3) is 0.357. The molecule has 1 N–H and O–H groups in total. The fourth-order valence-electron chi connectivity index (χ4n) is 1.70. The maximum absolute atomic E-state index is 12.0. The van der Waals surface area contributed by atoms with Crippen molar-refractivity contribution < 1.29 is 14.5 Å². The van der Waals surface area contributed by atoms with Crippen molar-refractivity contribution in [3.63, 3.8) is 0 Å². The number of nitrogens with one attached hydrogen (secondary N) is 1. The number of methoxy groups -OCH3 is 1. The Bertz CT molecular complexity index is 549. The Morgan fingerprint density at radius 2 is 2.30 bits per heavy atom. The van der Waals surface area contributed by atoms with Crippen LogP contribution in [0.1, 0.15) is 30.1 Å². The lowest BCUT2D eigenvalue weighted by Crippen LogP contribution is -2.33. The minimum absolute atomic E-state index is 0.105. The van der Waals surface area contributed by atoms with Gasteiger partial charge in [-0.25, -0.2) is 0 Å². The summed E-state index contributed by atoms with van der Waals surface area (Å²) in [6, 6.07) is 3.64. The van der Waals surface area contributed by atoms with E-state index >= 15 is 0 Å². The van der Waals surface area contributed by atoms with Gasteiger partial charge >= 0.3 is 5.69 Å². The maximum Gasteiger partial charge on any atom is 0.311 e. The van der Waals surface area contributed by atoms with Crippen molar-refractivity contribution in [2.45, 2.75) is 25.8 Å². The van der Waals surface area contributed by atoms with Gasteiger partial charge in [0.25, 0.3) is 5.91 Å². The molecule has 0 radical (unpaired) electrons. The molecule has 20 heavy (non-hydrogen) atoms. The topological polar surface area (TPSA) is 81.5 Å². The molecule has 1 aromatic carbocycles. The van der Waals surface area contributed by atoms with Crippen molar-refractivity contribution in [2.75, 3.05) is 7.11 Å². The van der Waals surface area contributed by atoms with E-state index in [0.29, 0.717) is 6.42 Å². The Balaban J connectivity index is 2.97. The fourth-order valence-corrected chi connectivity index (χ4v) is 1.70. The van der Waals surface area contributed by atoms with E-state index in [1.807, 2.05) is 6.92 Å². The van der Waals surface area contributed by atoms with Gasteiger partial charge in [-0.2, -0.15) is 0 Å². The summed E-state index contributed by atoms with van der Waals surface area (Å²) in [6.07, 6.45) is 6.80. The van der Waals surface area contributed by atoms with Crippen LogP contribution in [0, 0.1) is 22.5 Å². The van der Waals surface area contributed by atoms with Crippen LogP contribution in [0.25, 0.3) is 0 Å². The molecule has 1 rings (SSSR count). The van der Waals surface area contributed by atoms with E-state index in [0.717, 1.165) is 6.42 Å². The Hall–Kier alpha value is -2.55. The number of benzene rings is 1. The number of ether oxygens (including phenoxy) is 1. The van der Waals surface area contributed by atoms with Crippen LogP contribution < -0.4 is 10.1 Å². The molecule has 0 saturated heterocycles. The number of carbonyl (C=O) groups is 1. The summed E-state index contributed by atoms with van der Waals surface area (Å²) in [7, 11) is 1.33. The summed E-state index contributed by atoms with van der Waals surface area (Å²) >= 11 is 0. The van der Waals surface area contributed by atoms with E-state index in [1.54, 1.807) is 0 Å². The van der Waals surface area contributed by atoms with Gasteiger partial charge < -0.3 is 10.1 Å². The maximum atomic E-state index is 12.0. The highest BCUT2D eigenvalue weighted by molar-refractivity contribution is 5.95. The van der Waals surface area contributed by atoms with Crippen molar-refractivity contribution in [1.82, 2.24) is 5.32 Å². The average molecular weight is 276 g/mol. The molecule has 6 heteroatoms. The summed E-state index contributed by atoms with van der Waals surface area (Å²) in [6.45, 7) is 1.95. The van der Waals surface area contributed by atoms with Gasteiger partial charge in [-0.1, -0.05) is 19.3 Å². The highest BCUT2D eigenvalue weighted by Crippen LogP contribution is 2.27. The molecule has 0 fully saturated rings. The van der Waals surface area contributed by atoms with Gasteiger partial charge in [0.1, 0.15) is 0 Å². The normalized spacial score (nSPS) is 11.2. The molecular formula is C14H16N2O4. The van der Waals surface area contributed by atoms with Gasteiger partial charge in [0, 0.05) is 11.6 Å². The van der Waals surface area contributed by atoms with Gasteiger partial charge in [0.2, 0.25) is 0 Å². The van der Waals surface area contributed by atoms with Crippen molar-refractivity contribution in [3.8, 4) is 18.1 Å². The molecule has 0 heterocycles. The van der Waals surface area contributed by atoms with E-state index in [-0.39, 0.29) is 23.0 Å². The van der Waals surface area contributed by atoms with Gasteiger partial charge in [-0.05, 0) is 18.6 Å². The van der Waals surface area contributed by atoms with E-state index in [9.17, 15) is 14.9 Å². The molecule has 1 atom stereocenters. The van der Waals surface area contributed by atoms with E-state index in [4.69, 9.17) is 11.2 Å². The predicted octanol–water partition coefficient (Wildman–Crippen LogP) is 2.14. The smallest absolute Gasteiger partial charge is 0.311 e. The number of rotatable bonds is 6. The highest BCUT2D eigenvalue weighted by atomic mass is 16.6. The third-order valence-corrected chi connectivity index (χ3v) is 2.72. The number of nitro benzene ring substituents is 1. The lowest BCUT2D eigenvalue weighted by Gasteiger charge is -2.12. The van der Waals surface area contributed by atoms with Gasteiger partial charge in [0.15, 0.2) is 5.75 Å². The van der Waals surface area contributed by atoms with Gasteiger partial charge in [-0.15, -0.1) is 6.42 Å². The number of nitrogens with zero attached hydrogens (tertiary/aromatic N) is 1. The molecule has 1 unspecified atom stereocenters. The second-order valence-electron chi connectivity index (χ2n) is 4.13. The van der Waals surface area contributed by atoms with Crippen LogP contribution in [-0.2, 0) is 0 Å². The third-order valence-electron chi connectivity index (χ3n) is 2.72. The number of terminal acetylenes is 1. The Morgan fingerprint density at radius 1 is 1.60 bits per heavy atom. The predicted molar refractivity (Wildman–Crippen MR) is 74.6 cm³/mol. The van der Waals surface area contributed by atoms with Gasteiger partial charge in [0.05, 0.1) is 18.1 Å². The molecule has 0 aliphatic heterocycles. The van der Waals surface area contributed by atoms with Crippen molar-refractivity contribution in [1.29, 1.82) is 0 Å². The molecule has 0 spiro atoms. The molecule has 0 saturated carbocycles. The lowest BCUT2D eigenvalue weighted by molar-refractivity contribution is -0.385. The highest BCUT2D eigenvalue weighted by Gasteiger charge is 2.19. The van der Waals surface area contributed by atoms with Crippen molar-refractivity contribution >= 4 is 11.6 Å². The van der Waals surface area contributed by atoms with Crippen LogP contribution in [0.5, 0.6) is 5.75 Å². The standard InChI is InChI=1S/C14H16N2O4/c1-4-6-11(5-2)15-14(17)10-7-8-13(20-3)12(9-10)16(18)19/h2,7-9,11H,4,6H2,1,3H3,(H,15,17). The summed E-state index contributed by atoms with van der Waals surface area (Å²) < 4.78 is 4.88.